The van der Waals surface area contributed by atoms with Crippen LogP contribution in [0.2, 0.25) is 0 Å². The van der Waals surface area contributed by atoms with E-state index in [1.807, 2.05) is 23.1 Å². The third-order valence-corrected chi connectivity index (χ3v) is 4.20. The van der Waals surface area contributed by atoms with Crippen molar-refractivity contribution in [1.82, 2.24) is 4.90 Å². The van der Waals surface area contributed by atoms with Crippen molar-refractivity contribution in [3.8, 4) is 0 Å². The van der Waals surface area contributed by atoms with E-state index in [4.69, 9.17) is 5.73 Å². The molecule has 0 aromatic heterocycles. The molecule has 98 valence electrons. The molecule has 2 unspecified atom stereocenters. The van der Waals surface area contributed by atoms with Crippen LogP contribution < -0.4 is 5.73 Å². The largest absolute Gasteiger partial charge is 0.336 e. The van der Waals surface area contributed by atoms with Gasteiger partial charge in [-0.05, 0) is 38.0 Å². The van der Waals surface area contributed by atoms with E-state index in [9.17, 15) is 4.79 Å². The summed E-state index contributed by atoms with van der Waals surface area (Å²) in [6.07, 6.45) is 1.76. The molecule has 0 bridgehead atoms. The maximum atomic E-state index is 12.5. The van der Waals surface area contributed by atoms with Gasteiger partial charge in [0.2, 0.25) is 0 Å². The number of hydrogen-bond donors (Lipinski definition) is 1. The zero-order valence-corrected chi connectivity index (χ0v) is 13.4. The average molecular weight is 376 g/mol. The van der Waals surface area contributed by atoms with E-state index >= 15 is 0 Å². The van der Waals surface area contributed by atoms with Crippen LogP contribution in [0.1, 0.15) is 30.1 Å². The fourth-order valence-corrected chi connectivity index (χ4v) is 3.65. The van der Waals surface area contributed by atoms with Crippen molar-refractivity contribution in [1.29, 1.82) is 0 Å². The third kappa shape index (κ3) is 3.13. The first-order chi connectivity index (χ1) is 8.47. The molecule has 1 amide bonds. The van der Waals surface area contributed by atoms with Crippen molar-refractivity contribution in [3.05, 3.63) is 32.7 Å². The molecule has 0 aliphatic carbocycles. The first kappa shape index (κ1) is 14.0. The van der Waals surface area contributed by atoms with E-state index in [1.165, 1.54) is 0 Å². The van der Waals surface area contributed by atoms with E-state index in [1.54, 1.807) is 0 Å². The smallest absolute Gasteiger partial charge is 0.254 e. The lowest BCUT2D eigenvalue weighted by molar-refractivity contribution is 0.0619. The molecule has 0 saturated carbocycles. The number of nitrogens with zero attached hydrogens (tertiary/aromatic N) is 1. The SMILES string of the molecule is CC1CC(N)CCN1C(=O)c1cc(Br)cc(Br)c1. The summed E-state index contributed by atoms with van der Waals surface area (Å²) in [4.78, 5) is 14.4. The Morgan fingerprint density at radius 1 is 1.33 bits per heavy atom. The van der Waals surface area contributed by atoms with Crippen LogP contribution in [0, 0.1) is 0 Å². The summed E-state index contributed by atoms with van der Waals surface area (Å²) >= 11 is 6.82. The lowest BCUT2D eigenvalue weighted by Gasteiger charge is -2.36. The molecule has 1 aliphatic heterocycles. The summed E-state index contributed by atoms with van der Waals surface area (Å²) in [5, 5.41) is 0. The predicted molar refractivity (Wildman–Crippen MR) is 79.5 cm³/mol. The number of carbonyl (C=O) groups is 1. The van der Waals surface area contributed by atoms with Gasteiger partial charge in [0.15, 0.2) is 0 Å². The summed E-state index contributed by atoms with van der Waals surface area (Å²) in [5.74, 6) is 0.0800. The topological polar surface area (TPSA) is 46.3 Å². The van der Waals surface area contributed by atoms with E-state index in [-0.39, 0.29) is 18.0 Å². The number of halogens is 2. The van der Waals surface area contributed by atoms with Gasteiger partial charge in [0.25, 0.3) is 5.91 Å². The van der Waals surface area contributed by atoms with Gasteiger partial charge in [-0.15, -0.1) is 0 Å². The Labute approximate surface area is 124 Å². The Morgan fingerprint density at radius 2 is 1.94 bits per heavy atom. The van der Waals surface area contributed by atoms with Crippen LogP contribution in [0.4, 0.5) is 0 Å². The number of piperidine rings is 1. The number of hydrogen-bond acceptors (Lipinski definition) is 2. The van der Waals surface area contributed by atoms with Gasteiger partial charge in [0.1, 0.15) is 0 Å². The van der Waals surface area contributed by atoms with Crippen molar-refractivity contribution in [3.63, 3.8) is 0 Å². The maximum absolute atomic E-state index is 12.5. The van der Waals surface area contributed by atoms with Crippen LogP contribution in [-0.2, 0) is 0 Å². The average Bonchev–Trinajstić information content (AvgIpc) is 2.26. The standard InChI is InChI=1S/C13H16Br2N2O/c1-8-4-12(16)2-3-17(8)13(18)9-5-10(14)7-11(15)6-9/h5-8,12H,2-4,16H2,1H3. The first-order valence-corrected chi connectivity index (χ1v) is 7.58. The number of rotatable bonds is 1. The molecule has 2 N–H and O–H groups in total. The number of amides is 1. The maximum Gasteiger partial charge on any atom is 0.254 e. The molecular formula is C13H16Br2N2O. The Hall–Kier alpha value is -0.390. The lowest BCUT2D eigenvalue weighted by atomic mass is 9.98. The van der Waals surface area contributed by atoms with E-state index in [0.29, 0.717) is 5.56 Å². The molecule has 18 heavy (non-hydrogen) atoms. The van der Waals surface area contributed by atoms with Crippen LogP contribution in [0.5, 0.6) is 0 Å². The van der Waals surface area contributed by atoms with Crippen LogP contribution in [0.25, 0.3) is 0 Å². The highest BCUT2D eigenvalue weighted by Crippen LogP contribution is 2.24. The summed E-state index contributed by atoms with van der Waals surface area (Å²) in [7, 11) is 0. The van der Waals surface area contributed by atoms with Crippen molar-refractivity contribution >= 4 is 37.8 Å². The zero-order valence-electron chi connectivity index (χ0n) is 10.2. The Morgan fingerprint density at radius 3 is 2.50 bits per heavy atom. The van der Waals surface area contributed by atoms with Crippen LogP contribution >= 0.6 is 31.9 Å². The summed E-state index contributed by atoms with van der Waals surface area (Å²) in [6.45, 7) is 2.80. The highest BCUT2D eigenvalue weighted by molar-refractivity contribution is 9.11. The highest BCUT2D eigenvalue weighted by Gasteiger charge is 2.27. The number of carbonyl (C=O) groups excluding carboxylic acids is 1. The minimum Gasteiger partial charge on any atom is -0.336 e. The van der Waals surface area contributed by atoms with E-state index in [2.05, 4.69) is 38.8 Å². The minimum atomic E-state index is 0.0800. The summed E-state index contributed by atoms with van der Waals surface area (Å²) < 4.78 is 1.81. The quantitative estimate of drug-likeness (QED) is 0.819. The molecule has 0 spiro atoms. The van der Waals surface area contributed by atoms with E-state index < -0.39 is 0 Å². The Balaban J connectivity index is 2.20. The van der Waals surface area contributed by atoms with Crippen LogP contribution in [0.15, 0.2) is 27.1 Å². The van der Waals surface area contributed by atoms with Gasteiger partial charge in [-0.3, -0.25) is 4.79 Å². The molecule has 1 fully saturated rings. The van der Waals surface area contributed by atoms with Gasteiger partial charge in [0.05, 0.1) is 0 Å². The van der Waals surface area contributed by atoms with Crippen molar-refractivity contribution < 1.29 is 4.79 Å². The number of nitrogens with two attached hydrogens (primary N) is 1. The van der Waals surface area contributed by atoms with Gasteiger partial charge >= 0.3 is 0 Å². The number of likely N-dealkylation sites (tertiary alicyclic amines) is 1. The van der Waals surface area contributed by atoms with Crippen molar-refractivity contribution in [2.75, 3.05) is 6.54 Å². The van der Waals surface area contributed by atoms with Gasteiger partial charge < -0.3 is 10.6 Å². The molecule has 1 saturated heterocycles. The number of benzene rings is 1. The second-order valence-electron chi connectivity index (χ2n) is 4.79. The fourth-order valence-electron chi connectivity index (χ4n) is 2.35. The molecule has 1 aromatic carbocycles. The van der Waals surface area contributed by atoms with Gasteiger partial charge in [-0.2, -0.15) is 0 Å². The molecular weight excluding hydrogens is 360 g/mol. The summed E-state index contributed by atoms with van der Waals surface area (Å²) in [6, 6.07) is 6.06. The van der Waals surface area contributed by atoms with Gasteiger partial charge in [-0.25, -0.2) is 0 Å². The Bertz CT molecular complexity index is 444. The fraction of sp³-hybridized carbons (Fsp3) is 0.462. The van der Waals surface area contributed by atoms with E-state index in [0.717, 1.165) is 28.3 Å². The predicted octanol–water partition coefficient (Wildman–Crippen LogP) is 3.16. The lowest BCUT2D eigenvalue weighted by Crippen LogP contribution is -2.48. The molecule has 2 rings (SSSR count). The third-order valence-electron chi connectivity index (χ3n) is 3.29. The molecule has 1 heterocycles. The molecule has 1 aliphatic rings. The molecule has 2 atom stereocenters. The second kappa shape index (κ2) is 5.72. The monoisotopic (exact) mass is 374 g/mol. The first-order valence-electron chi connectivity index (χ1n) is 6.00. The van der Waals surface area contributed by atoms with Crippen LogP contribution in [-0.4, -0.2) is 29.4 Å². The zero-order chi connectivity index (χ0) is 13.3. The molecule has 1 aromatic rings. The molecule has 3 nitrogen and oxygen atoms in total. The van der Waals surface area contributed by atoms with Gasteiger partial charge in [0, 0.05) is 33.1 Å². The normalized spacial score (nSPS) is 24.1. The highest BCUT2D eigenvalue weighted by atomic mass is 79.9. The molecule has 5 heteroatoms. The van der Waals surface area contributed by atoms with Crippen molar-refractivity contribution in [2.24, 2.45) is 5.73 Å². The Kier molecular flexibility index (Phi) is 4.45. The molecule has 0 radical (unpaired) electrons. The van der Waals surface area contributed by atoms with Crippen molar-refractivity contribution in [2.45, 2.75) is 31.8 Å². The van der Waals surface area contributed by atoms with Crippen LogP contribution in [0.3, 0.4) is 0 Å². The minimum absolute atomic E-state index is 0.0800. The summed E-state index contributed by atoms with van der Waals surface area (Å²) in [5.41, 5.74) is 6.63. The second-order valence-corrected chi connectivity index (χ2v) is 6.62. The van der Waals surface area contributed by atoms with Gasteiger partial charge in [-0.1, -0.05) is 31.9 Å².